The van der Waals surface area contributed by atoms with E-state index in [0.29, 0.717) is 18.7 Å². The fraction of sp³-hybridized carbons (Fsp3) is 0.643. The Morgan fingerprint density at radius 1 is 1.40 bits per heavy atom. The van der Waals surface area contributed by atoms with Gasteiger partial charge in [0.05, 0.1) is 11.8 Å². The molecule has 1 aliphatic rings. The van der Waals surface area contributed by atoms with Gasteiger partial charge in [0.1, 0.15) is 5.56 Å². The van der Waals surface area contributed by atoms with Crippen molar-refractivity contribution < 1.29 is 5.11 Å². The number of H-pyrrole nitrogens is 1. The maximum Gasteiger partial charge on any atom is 0.331 e. The van der Waals surface area contributed by atoms with E-state index in [0.717, 1.165) is 25.7 Å². The molecule has 0 amide bonds. The van der Waals surface area contributed by atoms with Gasteiger partial charge < -0.3 is 5.11 Å². The number of rotatable bonds is 6. The highest BCUT2D eigenvalue weighted by molar-refractivity contribution is 6.02. The number of nitrogens with one attached hydrogen (secondary N) is 1. The van der Waals surface area contributed by atoms with E-state index < -0.39 is 11.2 Å². The topological polar surface area (TPSA) is 87.4 Å². The van der Waals surface area contributed by atoms with Gasteiger partial charge in [-0.15, -0.1) is 0 Å². The van der Waals surface area contributed by atoms with Gasteiger partial charge in [-0.05, 0) is 25.7 Å². The van der Waals surface area contributed by atoms with Crippen molar-refractivity contribution >= 4 is 5.71 Å². The van der Waals surface area contributed by atoms with Gasteiger partial charge in [-0.1, -0.05) is 20.3 Å². The second-order valence-corrected chi connectivity index (χ2v) is 5.12. The average Bonchev–Trinajstić information content (AvgIpc) is 3.21. The van der Waals surface area contributed by atoms with Crippen LogP contribution in [-0.4, -0.2) is 26.4 Å². The molecule has 0 bridgehead atoms. The Morgan fingerprint density at radius 2 is 2.10 bits per heavy atom. The van der Waals surface area contributed by atoms with Crippen LogP contribution in [0.2, 0.25) is 0 Å². The zero-order valence-electron chi connectivity index (χ0n) is 12.0. The summed E-state index contributed by atoms with van der Waals surface area (Å²) in [5.41, 5.74) is -0.389. The van der Waals surface area contributed by atoms with Crippen molar-refractivity contribution in [2.24, 2.45) is 4.99 Å². The number of hydrogen-bond donors (Lipinski definition) is 2. The lowest BCUT2D eigenvalue weighted by atomic mass is 10.1. The highest BCUT2D eigenvalue weighted by Crippen LogP contribution is 2.25. The first-order chi connectivity index (χ1) is 9.58. The molecule has 0 radical (unpaired) electrons. The molecule has 2 rings (SSSR count). The van der Waals surface area contributed by atoms with Crippen molar-refractivity contribution in [2.75, 3.05) is 0 Å². The number of unbranched alkanes of at least 4 members (excludes halogenated alkanes) is 1. The van der Waals surface area contributed by atoms with Gasteiger partial charge in [0, 0.05) is 6.54 Å². The summed E-state index contributed by atoms with van der Waals surface area (Å²) in [5.74, 6) is -0.256. The molecule has 0 aromatic carbocycles. The van der Waals surface area contributed by atoms with Crippen molar-refractivity contribution in [3.8, 4) is 5.88 Å². The van der Waals surface area contributed by atoms with Crippen molar-refractivity contribution in [1.29, 1.82) is 0 Å². The molecular weight excluding hydrogens is 258 g/mol. The minimum atomic E-state index is -0.563. The van der Waals surface area contributed by atoms with Gasteiger partial charge in [0.25, 0.3) is 5.56 Å². The first-order valence-electron chi connectivity index (χ1n) is 7.21. The SMILES string of the molecule is CCCCn1c(O)c(C(CC)=NC2CC2)c(=O)[nH]c1=O. The van der Waals surface area contributed by atoms with Crippen molar-refractivity contribution in [3.05, 3.63) is 26.4 Å². The summed E-state index contributed by atoms with van der Waals surface area (Å²) in [6, 6.07) is 0.264. The molecule has 1 aliphatic carbocycles. The third-order valence-corrected chi connectivity index (χ3v) is 3.42. The molecule has 6 heteroatoms. The molecule has 6 nitrogen and oxygen atoms in total. The number of nitrogens with zero attached hydrogens (tertiary/aromatic N) is 2. The summed E-state index contributed by atoms with van der Waals surface area (Å²) in [4.78, 5) is 30.5. The zero-order valence-corrected chi connectivity index (χ0v) is 12.0. The first kappa shape index (κ1) is 14.6. The predicted octanol–water partition coefficient (Wildman–Crippen LogP) is 1.40. The summed E-state index contributed by atoms with van der Waals surface area (Å²) in [6.45, 7) is 4.29. The van der Waals surface area contributed by atoms with E-state index in [1.807, 2.05) is 13.8 Å². The van der Waals surface area contributed by atoms with Crippen LogP contribution >= 0.6 is 0 Å². The monoisotopic (exact) mass is 279 g/mol. The minimum absolute atomic E-state index is 0.148. The molecule has 1 saturated carbocycles. The summed E-state index contributed by atoms with van der Waals surface area (Å²) < 4.78 is 1.22. The second kappa shape index (κ2) is 6.07. The van der Waals surface area contributed by atoms with Crippen LogP contribution in [0.25, 0.3) is 0 Å². The first-order valence-corrected chi connectivity index (χ1v) is 7.21. The Kier molecular flexibility index (Phi) is 4.42. The normalized spacial score (nSPS) is 15.6. The van der Waals surface area contributed by atoms with E-state index in [2.05, 4.69) is 9.98 Å². The molecule has 2 N–H and O–H groups in total. The summed E-state index contributed by atoms with van der Waals surface area (Å²) in [6.07, 6.45) is 4.27. The predicted molar refractivity (Wildman–Crippen MR) is 77.7 cm³/mol. The van der Waals surface area contributed by atoms with Crippen LogP contribution in [0.5, 0.6) is 5.88 Å². The Balaban J connectivity index is 2.51. The smallest absolute Gasteiger partial charge is 0.331 e. The van der Waals surface area contributed by atoms with Gasteiger partial charge in [0.2, 0.25) is 5.88 Å². The van der Waals surface area contributed by atoms with Crippen LogP contribution in [0, 0.1) is 0 Å². The van der Waals surface area contributed by atoms with Gasteiger partial charge in [-0.2, -0.15) is 0 Å². The molecule has 1 fully saturated rings. The van der Waals surface area contributed by atoms with Gasteiger partial charge in [-0.3, -0.25) is 19.3 Å². The van der Waals surface area contributed by atoms with E-state index in [4.69, 9.17) is 0 Å². The second-order valence-electron chi connectivity index (χ2n) is 5.12. The highest BCUT2D eigenvalue weighted by atomic mass is 16.3. The number of hydrogen-bond acceptors (Lipinski definition) is 4. The molecule has 110 valence electrons. The van der Waals surface area contributed by atoms with Gasteiger partial charge in [0.15, 0.2) is 0 Å². The van der Waals surface area contributed by atoms with E-state index in [1.54, 1.807) is 0 Å². The Hall–Kier alpha value is -1.85. The molecule has 0 spiro atoms. The number of aromatic hydroxyl groups is 1. The molecule has 0 saturated heterocycles. The lowest BCUT2D eigenvalue weighted by molar-refractivity contribution is 0.394. The van der Waals surface area contributed by atoms with E-state index in [1.165, 1.54) is 4.57 Å². The van der Waals surface area contributed by atoms with E-state index in [9.17, 15) is 14.7 Å². The molecular formula is C14H21N3O3. The number of aromatic nitrogens is 2. The fourth-order valence-electron chi connectivity index (χ4n) is 2.10. The van der Waals surface area contributed by atoms with Crippen LogP contribution in [0.15, 0.2) is 14.6 Å². The van der Waals surface area contributed by atoms with Crippen molar-refractivity contribution in [3.63, 3.8) is 0 Å². The van der Waals surface area contributed by atoms with Crippen molar-refractivity contribution in [2.45, 2.75) is 58.5 Å². The minimum Gasteiger partial charge on any atom is -0.494 e. The average molecular weight is 279 g/mol. The lowest BCUT2D eigenvalue weighted by Gasteiger charge is -2.11. The largest absolute Gasteiger partial charge is 0.494 e. The number of aliphatic imine (C=N–C) groups is 1. The quantitative estimate of drug-likeness (QED) is 0.772. The maximum absolute atomic E-state index is 12.0. The highest BCUT2D eigenvalue weighted by Gasteiger charge is 2.24. The summed E-state index contributed by atoms with van der Waals surface area (Å²) >= 11 is 0. The van der Waals surface area contributed by atoms with Crippen LogP contribution in [-0.2, 0) is 6.54 Å². The van der Waals surface area contributed by atoms with Crippen LogP contribution in [0.3, 0.4) is 0 Å². The standard InChI is InChI=1S/C14H21N3O3/c1-3-5-8-17-13(19)11(12(18)16-14(17)20)10(4-2)15-9-6-7-9/h9,19H,3-8H2,1-2H3,(H,16,18,20). The van der Waals surface area contributed by atoms with E-state index in [-0.39, 0.29) is 17.5 Å². The Morgan fingerprint density at radius 3 is 2.65 bits per heavy atom. The third kappa shape index (κ3) is 3.00. The maximum atomic E-state index is 12.0. The molecule has 1 heterocycles. The lowest BCUT2D eigenvalue weighted by Crippen LogP contribution is -2.34. The molecule has 0 aliphatic heterocycles. The van der Waals surface area contributed by atoms with Gasteiger partial charge in [-0.25, -0.2) is 4.79 Å². The van der Waals surface area contributed by atoms with Crippen LogP contribution in [0.4, 0.5) is 0 Å². The summed E-state index contributed by atoms with van der Waals surface area (Å²) in [7, 11) is 0. The molecule has 0 atom stereocenters. The van der Waals surface area contributed by atoms with E-state index >= 15 is 0 Å². The Labute approximate surface area is 117 Å². The molecule has 1 aromatic rings. The summed E-state index contributed by atoms with van der Waals surface area (Å²) in [5, 5.41) is 10.3. The fourth-order valence-corrected chi connectivity index (χ4v) is 2.10. The molecule has 1 aromatic heterocycles. The molecule has 0 unspecified atom stereocenters. The van der Waals surface area contributed by atoms with Gasteiger partial charge >= 0.3 is 5.69 Å². The zero-order chi connectivity index (χ0) is 14.7. The van der Waals surface area contributed by atoms with Crippen molar-refractivity contribution in [1.82, 2.24) is 9.55 Å². The van der Waals surface area contributed by atoms with Crippen LogP contribution < -0.4 is 11.2 Å². The van der Waals surface area contributed by atoms with Crippen LogP contribution in [0.1, 0.15) is 51.5 Å². The molecule has 20 heavy (non-hydrogen) atoms. The Bertz CT molecular complexity index is 624. The number of aromatic amines is 1. The third-order valence-electron chi connectivity index (χ3n) is 3.42.